The van der Waals surface area contributed by atoms with E-state index in [1.165, 1.54) is 16.7 Å². The maximum atomic E-state index is 6.56. The number of benzene rings is 1. The van der Waals surface area contributed by atoms with Crippen molar-refractivity contribution in [3.05, 3.63) is 34.9 Å². The third kappa shape index (κ3) is 2.83. The Balaban J connectivity index is 2.20. The van der Waals surface area contributed by atoms with E-state index in [9.17, 15) is 0 Å². The maximum Gasteiger partial charge on any atom is 0.0636 e. The second-order valence-electron chi connectivity index (χ2n) is 4.76. The minimum Gasteiger partial charge on any atom is -0.381 e. The molecule has 2 heteroatoms. The van der Waals surface area contributed by atoms with Crippen LogP contribution >= 0.6 is 11.6 Å². The van der Waals surface area contributed by atoms with Crippen molar-refractivity contribution in [3.63, 3.8) is 0 Å². The van der Waals surface area contributed by atoms with E-state index in [0.717, 1.165) is 32.5 Å². The smallest absolute Gasteiger partial charge is 0.0636 e. The van der Waals surface area contributed by atoms with Crippen molar-refractivity contribution >= 4 is 11.6 Å². The van der Waals surface area contributed by atoms with Gasteiger partial charge in [0.05, 0.1) is 12.0 Å². The molecule has 1 nitrogen and oxygen atoms in total. The molecule has 1 aromatic carbocycles. The van der Waals surface area contributed by atoms with Crippen molar-refractivity contribution in [2.45, 2.75) is 38.5 Å². The second kappa shape index (κ2) is 5.88. The van der Waals surface area contributed by atoms with E-state index in [-0.39, 0.29) is 5.38 Å². The summed E-state index contributed by atoms with van der Waals surface area (Å²) in [4.78, 5) is 0. The Kier molecular flexibility index (Phi) is 4.47. The fourth-order valence-electron chi connectivity index (χ4n) is 2.55. The van der Waals surface area contributed by atoms with Crippen LogP contribution in [0.4, 0.5) is 0 Å². The number of hydrogen-bond acceptors (Lipinski definition) is 1. The molecule has 0 saturated carbocycles. The number of aryl methyl sites for hydroxylation is 2. The number of halogens is 1. The molecular formula is C15H21ClO. The van der Waals surface area contributed by atoms with E-state index in [0.29, 0.717) is 5.92 Å². The quantitative estimate of drug-likeness (QED) is 0.733. The van der Waals surface area contributed by atoms with Gasteiger partial charge in [-0.2, -0.15) is 0 Å². The Morgan fingerprint density at radius 3 is 2.65 bits per heavy atom. The fourth-order valence-corrected chi connectivity index (χ4v) is 2.88. The van der Waals surface area contributed by atoms with Crippen LogP contribution in [0.5, 0.6) is 0 Å². The highest BCUT2D eigenvalue weighted by Crippen LogP contribution is 2.35. The molecule has 0 N–H and O–H groups in total. The van der Waals surface area contributed by atoms with Gasteiger partial charge < -0.3 is 4.74 Å². The summed E-state index contributed by atoms with van der Waals surface area (Å²) in [6.07, 6.45) is 3.27. The van der Waals surface area contributed by atoms with Crippen molar-refractivity contribution in [2.24, 2.45) is 5.92 Å². The predicted octanol–water partition coefficient (Wildman–Crippen LogP) is 4.13. The molecule has 2 unspecified atom stereocenters. The first-order valence-corrected chi connectivity index (χ1v) is 7.03. The lowest BCUT2D eigenvalue weighted by molar-refractivity contribution is 0.185. The van der Waals surface area contributed by atoms with Crippen molar-refractivity contribution in [1.29, 1.82) is 0 Å². The molecule has 1 fully saturated rings. The summed E-state index contributed by atoms with van der Waals surface area (Å²) >= 11 is 6.56. The highest BCUT2D eigenvalue weighted by atomic mass is 35.5. The van der Waals surface area contributed by atoms with Gasteiger partial charge in [0.1, 0.15) is 0 Å². The first kappa shape index (κ1) is 12.9. The Bertz CT molecular complexity index is 369. The van der Waals surface area contributed by atoms with Gasteiger partial charge in [0.2, 0.25) is 0 Å². The zero-order chi connectivity index (χ0) is 12.3. The summed E-state index contributed by atoms with van der Waals surface area (Å²) in [6.45, 7) is 6.09. The molecule has 0 amide bonds. The van der Waals surface area contributed by atoms with Crippen LogP contribution in [0.1, 0.15) is 42.3 Å². The Hall–Kier alpha value is -0.530. The third-order valence-corrected chi connectivity index (χ3v) is 4.30. The number of alkyl halides is 1. The van der Waals surface area contributed by atoms with Gasteiger partial charge in [-0.1, -0.05) is 32.0 Å². The van der Waals surface area contributed by atoms with E-state index in [4.69, 9.17) is 16.3 Å². The zero-order valence-corrected chi connectivity index (χ0v) is 11.5. The average molecular weight is 253 g/mol. The van der Waals surface area contributed by atoms with Gasteiger partial charge in [-0.25, -0.2) is 0 Å². The molecule has 1 aromatic rings. The highest BCUT2D eigenvalue weighted by Gasteiger charge is 2.25. The molecule has 1 heterocycles. The standard InChI is InChI=1S/C15H21ClO/c1-3-11-5-6-13(9-12(11)4-2)15(16)14-7-8-17-10-14/h5-6,9,14-15H,3-4,7-8,10H2,1-2H3. The Morgan fingerprint density at radius 1 is 1.29 bits per heavy atom. The first-order valence-electron chi connectivity index (χ1n) is 6.59. The van der Waals surface area contributed by atoms with Gasteiger partial charge >= 0.3 is 0 Å². The molecule has 94 valence electrons. The summed E-state index contributed by atoms with van der Waals surface area (Å²) in [5, 5.41) is 0.105. The molecule has 0 spiro atoms. The average Bonchev–Trinajstić information content (AvgIpc) is 2.90. The summed E-state index contributed by atoms with van der Waals surface area (Å²) in [5.41, 5.74) is 4.15. The minimum absolute atomic E-state index is 0.105. The molecule has 0 radical (unpaired) electrons. The summed E-state index contributed by atoms with van der Waals surface area (Å²) in [5.74, 6) is 0.480. The van der Waals surface area contributed by atoms with Crippen LogP contribution in [0.3, 0.4) is 0 Å². The lowest BCUT2D eigenvalue weighted by Gasteiger charge is -2.18. The van der Waals surface area contributed by atoms with Crippen molar-refractivity contribution in [3.8, 4) is 0 Å². The van der Waals surface area contributed by atoms with Gasteiger partial charge in [0.15, 0.2) is 0 Å². The highest BCUT2D eigenvalue weighted by molar-refractivity contribution is 6.21. The summed E-state index contributed by atoms with van der Waals surface area (Å²) in [7, 11) is 0. The van der Waals surface area contributed by atoms with E-state index in [1.807, 2.05) is 0 Å². The number of rotatable bonds is 4. The summed E-state index contributed by atoms with van der Waals surface area (Å²) in [6, 6.07) is 6.71. The Labute approximate surface area is 109 Å². The largest absolute Gasteiger partial charge is 0.381 e. The van der Waals surface area contributed by atoms with Crippen LogP contribution in [0.25, 0.3) is 0 Å². The number of hydrogen-bond donors (Lipinski definition) is 0. The molecule has 1 aliphatic heterocycles. The number of ether oxygens (including phenoxy) is 1. The molecule has 17 heavy (non-hydrogen) atoms. The SMILES string of the molecule is CCc1ccc(C(Cl)C2CCOC2)cc1CC. The first-order chi connectivity index (χ1) is 8.26. The van der Waals surface area contributed by atoms with Crippen LogP contribution in [-0.2, 0) is 17.6 Å². The third-order valence-electron chi connectivity index (χ3n) is 3.69. The van der Waals surface area contributed by atoms with Crippen molar-refractivity contribution in [2.75, 3.05) is 13.2 Å². The second-order valence-corrected chi connectivity index (χ2v) is 5.23. The maximum absolute atomic E-state index is 6.56. The van der Waals surface area contributed by atoms with Crippen LogP contribution in [-0.4, -0.2) is 13.2 Å². The monoisotopic (exact) mass is 252 g/mol. The predicted molar refractivity (Wildman–Crippen MR) is 72.7 cm³/mol. The fraction of sp³-hybridized carbons (Fsp3) is 0.600. The molecule has 1 aliphatic rings. The normalized spacial score (nSPS) is 21.7. The van der Waals surface area contributed by atoms with Gasteiger partial charge in [0.25, 0.3) is 0 Å². The molecule has 1 saturated heterocycles. The van der Waals surface area contributed by atoms with Gasteiger partial charge in [-0.3, -0.25) is 0 Å². The van der Waals surface area contributed by atoms with E-state index in [1.54, 1.807) is 0 Å². The topological polar surface area (TPSA) is 9.23 Å². The molecule has 0 aliphatic carbocycles. The van der Waals surface area contributed by atoms with Crippen LogP contribution < -0.4 is 0 Å². The lowest BCUT2D eigenvalue weighted by atomic mass is 9.93. The van der Waals surface area contributed by atoms with Crippen LogP contribution in [0.2, 0.25) is 0 Å². The minimum atomic E-state index is 0.105. The van der Waals surface area contributed by atoms with E-state index < -0.39 is 0 Å². The van der Waals surface area contributed by atoms with E-state index >= 15 is 0 Å². The lowest BCUT2D eigenvalue weighted by Crippen LogP contribution is -2.08. The Morgan fingerprint density at radius 2 is 2.06 bits per heavy atom. The van der Waals surface area contributed by atoms with Crippen LogP contribution in [0, 0.1) is 5.92 Å². The molecular weight excluding hydrogens is 232 g/mol. The van der Waals surface area contributed by atoms with Gasteiger partial charge in [-0.15, -0.1) is 11.6 Å². The molecule has 0 aromatic heterocycles. The molecule has 2 atom stereocenters. The van der Waals surface area contributed by atoms with Gasteiger partial charge in [-0.05, 0) is 36.0 Å². The zero-order valence-electron chi connectivity index (χ0n) is 10.7. The van der Waals surface area contributed by atoms with Gasteiger partial charge in [0, 0.05) is 12.5 Å². The van der Waals surface area contributed by atoms with Crippen LogP contribution in [0.15, 0.2) is 18.2 Å². The van der Waals surface area contributed by atoms with E-state index in [2.05, 4.69) is 32.0 Å². The summed E-state index contributed by atoms with van der Waals surface area (Å²) < 4.78 is 5.42. The molecule has 0 bridgehead atoms. The molecule has 2 rings (SSSR count). The van der Waals surface area contributed by atoms with Crippen molar-refractivity contribution < 1.29 is 4.74 Å². The van der Waals surface area contributed by atoms with Crippen molar-refractivity contribution in [1.82, 2.24) is 0 Å².